The minimum Gasteiger partial charge on any atom is -0.490 e. The highest BCUT2D eigenvalue weighted by atomic mass is 35.5. The normalized spacial score (nSPS) is 11.4. The maximum Gasteiger partial charge on any atom is 0.161 e. The zero-order valence-electron chi connectivity index (χ0n) is 14.0. The molecule has 0 fully saturated rings. The maximum atomic E-state index is 5.67. The van der Waals surface area contributed by atoms with Crippen LogP contribution in [0.4, 0.5) is 0 Å². The monoisotopic (exact) mass is 335 g/mol. The summed E-state index contributed by atoms with van der Waals surface area (Å²) in [7, 11) is 0. The summed E-state index contributed by atoms with van der Waals surface area (Å²) in [6.45, 7) is 8.21. The molecule has 0 aliphatic rings. The zero-order valence-corrected chi connectivity index (χ0v) is 14.9. The molecule has 2 aromatic rings. The van der Waals surface area contributed by atoms with Gasteiger partial charge in [0, 0.05) is 12.6 Å². The summed E-state index contributed by atoms with van der Waals surface area (Å²) in [6.07, 6.45) is 0. The van der Waals surface area contributed by atoms with Crippen LogP contribution in [0.15, 0.2) is 48.5 Å². The Kier molecular flexibility index (Phi) is 8.52. The predicted octanol–water partition coefficient (Wildman–Crippen LogP) is 4.76. The third-order valence-electron chi connectivity index (χ3n) is 3.52. The lowest BCUT2D eigenvalue weighted by Gasteiger charge is -2.16. The van der Waals surface area contributed by atoms with Gasteiger partial charge in [-0.15, -0.1) is 12.4 Å². The number of benzene rings is 2. The molecule has 0 aliphatic heterocycles. The standard InChI is InChI=1S/C19H25NO2.ClH/c1-4-21-18-12-11-16(13-19(18)22-5-2)14-20-15(3)17-9-7-6-8-10-17;/h6-13,15,20H,4-5,14H2,1-3H3;1H. The average molecular weight is 336 g/mol. The van der Waals surface area contributed by atoms with Crippen molar-refractivity contribution in [2.45, 2.75) is 33.4 Å². The van der Waals surface area contributed by atoms with E-state index >= 15 is 0 Å². The molecule has 0 aliphatic carbocycles. The molecule has 1 unspecified atom stereocenters. The molecular formula is C19H26ClNO2. The Morgan fingerprint density at radius 2 is 1.57 bits per heavy atom. The Hall–Kier alpha value is -1.71. The lowest BCUT2D eigenvalue weighted by atomic mass is 10.1. The van der Waals surface area contributed by atoms with E-state index in [0.717, 1.165) is 18.0 Å². The molecule has 2 aromatic carbocycles. The molecule has 126 valence electrons. The quantitative estimate of drug-likeness (QED) is 0.754. The van der Waals surface area contributed by atoms with Gasteiger partial charge in [-0.3, -0.25) is 0 Å². The van der Waals surface area contributed by atoms with Crippen LogP contribution in [0.5, 0.6) is 11.5 Å². The van der Waals surface area contributed by atoms with Gasteiger partial charge in [0.25, 0.3) is 0 Å². The van der Waals surface area contributed by atoms with Gasteiger partial charge in [-0.05, 0) is 44.0 Å². The molecule has 23 heavy (non-hydrogen) atoms. The van der Waals surface area contributed by atoms with Gasteiger partial charge in [0.2, 0.25) is 0 Å². The van der Waals surface area contributed by atoms with Gasteiger partial charge in [0.1, 0.15) is 0 Å². The van der Waals surface area contributed by atoms with Gasteiger partial charge < -0.3 is 14.8 Å². The largest absolute Gasteiger partial charge is 0.490 e. The van der Waals surface area contributed by atoms with Crippen molar-refractivity contribution < 1.29 is 9.47 Å². The van der Waals surface area contributed by atoms with Crippen LogP contribution in [-0.4, -0.2) is 13.2 Å². The highest BCUT2D eigenvalue weighted by molar-refractivity contribution is 5.85. The van der Waals surface area contributed by atoms with Gasteiger partial charge in [-0.1, -0.05) is 36.4 Å². The lowest BCUT2D eigenvalue weighted by molar-refractivity contribution is 0.287. The molecular weight excluding hydrogens is 310 g/mol. The SMILES string of the molecule is CCOc1ccc(CNC(C)c2ccccc2)cc1OCC.Cl. The van der Waals surface area contributed by atoms with Gasteiger partial charge in [-0.2, -0.15) is 0 Å². The second-order valence-corrected chi connectivity index (χ2v) is 5.16. The first-order valence-corrected chi connectivity index (χ1v) is 7.91. The van der Waals surface area contributed by atoms with E-state index in [1.165, 1.54) is 11.1 Å². The fourth-order valence-electron chi connectivity index (χ4n) is 2.34. The molecule has 0 aromatic heterocycles. The molecule has 3 nitrogen and oxygen atoms in total. The average Bonchev–Trinajstić information content (AvgIpc) is 2.56. The fourth-order valence-corrected chi connectivity index (χ4v) is 2.34. The van der Waals surface area contributed by atoms with Crippen LogP contribution in [-0.2, 0) is 6.54 Å². The van der Waals surface area contributed by atoms with Crippen LogP contribution in [0.25, 0.3) is 0 Å². The Morgan fingerprint density at radius 1 is 0.913 bits per heavy atom. The molecule has 0 radical (unpaired) electrons. The van der Waals surface area contributed by atoms with E-state index in [1.807, 2.05) is 26.0 Å². The predicted molar refractivity (Wildman–Crippen MR) is 97.7 cm³/mol. The summed E-state index contributed by atoms with van der Waals surface area (Å²) in [4.78, 5) is 0. The van der Waals surface area contributed by atoms with E-state index in [4.69, 9.17) is 9.47 Å². The lowest BCUT2D eigenvalue weighted by Crippen LogP contribution is -2.18. The van der Waals surface area contributed by atoms with E-state index in [1.54, 1.807) is 0 Å². The Morgan fingerprint density at radius 3 is 2.22 bits per heavy atom. The van der Waals surface area contributed by atoms with Crippen LogP contribution in [0.2, 0.25) is 0 Å². The topological polar surface area (TPSA) is 30.5 Å². The third kappa shape index (κ3) is 5.77. The summed E-state index contributed by atoms with van der Waals surface area (Å²) >= 11 is 0. The van der Waals surface area contributed by atoms with Crippen LogP contribution < -0.4 is 14.8 Å². The van der Waals surface area contributed by atoms with Gasteiger partial charge in [0.15, 0.2) is 11.5 Å². The zero-order chi connectivity index (χ0) is 15.8. The number of hydrogen-bond donors (Lipinski definition) is 1. The third-order valence-corrected chi connectivity index (χ3v) is 3.52. The second kappa shape index (κ2) is 10.1. The molecule has 1 N–H and O–H groups in total. The summed E-state index contributed by atoms with van der Waals surface area (Å²) in [5.41, 5.74) is 2.48. The summed E-state index contributed by atoms with van der Waals surface area (Å²) in [5.74, 6) is 1.63. The highest BCUT2D eigenvalue weighted by Gasteiger charge is 2.08. The van der Waals surface area contributed by atoms with Crippen LogP contribution in [0.1, 0.15) is 37.9 Å². The van der Waals surface area contributed by atoms with Crippen molar-refractivity contribution in [1.29, 1.82) is 0 Å². The van der Waals surface area contributed by atoms with Crippen molar-refractivity contribution in [1.82, 2.24) is 5.32 Å². The molecule has 1 atom stereocenters. The van der Waals surface area contributed by atoms with E-state index < -0.39 is 0 Å². The molecule has 0 spiro atoms. The summed E-state index contributed by atoms with van der Waals surface area (Å²) in [5, 5.41) is 3.54. The number of rotatable bonds is 8. The number of hydrogen-bond acceptors (Lipinski definition) is 3. The first-order valence-electron chi connectivity index (χ1n) is 7.91. The molecule has 4 heteroatoms. The smallest absolute Gasteiger partial charge is 0.161 e. The molecule has 0 saturated heterocycles. The minimum atomic E-state index is 0. The van der Waals surface area contributed by atoms with Gasteiger partial charge in [-0.25, -0.2) is 0 Å². The van der Waals surface area contributed by atoms with E-state index in [2.05, 4.69) is 48.6 Å². The number of nitrogens with one attached hydrogen (secondary N) is 1. The van der Waals surface area contributed by atoms with Crippen molar-refractivity contribution in [3.63, 3.8) is 0 Å². The van der Waals surface area contributed by atoms with Crippen LogP contribution in [0.3, 0.4) is 0 Å². The van der Waals surface area contributed by atoms with Crippen LogP contribution >= 0.6 is 12.4 Å². The second-order valence-electron chi connectivity index (χ2n) is 5.16. The molecule has 0 saturated carbocycles. The molecule has 0 bridgehead atoms. The maximum absolute atomic E-state index is 5.67. The first-order chi connectivity index (χ1) is 10.7. The van der Waals surface area contributed by atoms with Crippen molar-refractivity contribution in [2.75, 3.05) is 13.2 Å². The number of halogens is 1. The van der Waals surface area contributed by atoms with Crippen molar-refractivity contribution in [3.05, 3.63) is 59.7 Å². The molecule has 0 heterocycles. The summed E-state index contributed by atoms with van der Waals surface area (Å²) in [6, 6.07) is 16.9. The van der Waals surface area contributed by atoms with E-state index in [9.17, 15) is 0 Å². The minimum absolute atomic E-state index is 0. The molecule has 2 rings (SSSR count). The first kappa shape index (κ1) is 19.3. The van der Waals surface area contributed by atoms with Crippen molar-refractivity contribution >= 4 is 12.4 Å². The Bertz CT molecular complexity index is 575. The van der Waals surface area contributed by atoms with Crippen molar-refractivity contribution in [3.8, 4) is 11.5 Å². The highest BCUT2D eigenvalue weighted by Crippen LogP contribution is 2.28. The van der Waals surface area contributed by atoms with E-state index in [-0.39, 0.29) is 12.4 Å². The van der Waals surface area contributed by atoms with Gasteiger partial charge in [0.05, 0.1) is 13.2 Å². The van der Waals surface area contributed by atoms with Gasteiger partial charge >= 0.3 is 0 Å². The summed E-state index contributed by atoms with van der Waals surface area (Å²) < 4.78 is 11.3. The van der Waals surface area contributed by atoms with Crippen molar-refractivity contribution in [2.24, 2.45) is 0 Å². The van der Waals surface area contributed by atoms with E-state index in [0.29, 0.717) is 19.3 Å². The molecule has 0 amide bonds. The Balaban J connectivity index is 0.00000264. The Labute approximate surface area is 145 Å². The van der Waals surface area contributed by atoms with Crippen LogP contribution in [0, 0.1) is 0 Å². The fraction of sp³-hybridized carbons (Fsp3) is 0.368. The number of ether oxygens (including phenoxy) is 2.